The van der Waals surface area contributed by atoms with Crippen LogP contribution >= 0.6 is 21.8 Å². The summed E-state index contributed by atoms with van der Waals surface area (Å²) in [6, 6.07) is 6.50. The Labute approximate surface area is 253 Å². The molecule has 16 heteroatoms. The van der Waals surface area contributed by atoms with Crippen LogP contribution < -0.4 is 4.90 Å². The van der Waals surface area contributed by atoms with Gasteiger partial charge in [0.2, 0.25) is 12.3 Å². The van der Waals surface area contributed by atoms with Crippen molar-refractivity contribution in [2.75, 3.05) is 31.6 Å². The van der Waals surface area contributed by atoms with Gasteiger partial charge in [0.1, 0.15) is 22.3 Å². The number of carbonyl (C=O) groups excluding carboxylic acids is 2. The van der Waals surface area contributed by atoms with E-state index in [4.69, 9.17) is 11.6 Å². The lowest BCUT2D eigenvalue weighted by molar-refractivity contribution is -0.128. The number of rotatable bonds is 7. The minimum Gasteiger partial charge on any atom is -0.507 e. The maximum atomic E-state index is 14.9. The zero-order chi connectivity index (χ0) is 32.7. The molecular weight excluding hydrogens is 636 g/mol. The van der Waals surface area contributed by atoms with Crippen LogP contribution in [0.15, 0.2) is 71.1 Å². The summed E-state index contributed by atoms with van der Waals surface area (Å²) in [5, 5.41) is 10.1. The molecule has 1 saturated heterocycles. The highest BCUT2D eigenvalue weighted by Crippen LogP contribution is 3.03. The fraction of sp³-hybridized carbons (Fsp3) is 0.214. The van der Waals surface area contributed by atoms with Crippen LogP contribution in [-0.2, 0) is 9.59 Å². The van der Waals surface area contributed by atoms with Crippen molar-refractivity contribution in [3.05, 3.63) is 77.6 Å². The van der Waals surface area contributed by atoms with E-state index in [9.17, 15) is 38.5 Å². The van der Waals surface area contributed by atoms with E-state index in [0.717, 1.165) is 36.4 Å². The molecule has 0 saturated carbocycles. The van der Waals surface area contributed by atoms with Gasteiger partial charge in [-0.2, -0.15) is 0 Å². The number of hydrogen-bond donors (Lipinski definition) is 1. The summed E-state index contributed by atoms with van der Waals surface area (Å²) < 4.78 is 85.9. The second kappa shape index (κ2) is 11.0. The summed E-state index contributed by atoms with van der Waals surface area (Å²) >= 11 is 6.50. The number of hydrogen-bond acceptors (Lipinski definition) is 5. The quantitative estimate of drug-likeness (QED) is 0.0945. The minimum absolute atomic E-state index is 0.0357. The Morgan fingerprint density at radius 3 is 2.41 bits per heavy atom. The first-order valence-electron chi connectivity index (χ1n) is 12.8. The van der Waals surface area contributed by atoms with E-state index in [0.29, 0.717) is 6.07 Å². The number of aromatic hydroxyl groups is 1. The van der Waals surface area contributed by atoms with Crippen LogP contribution in [0.25, 0.3) is 11.3 Å². The van der Waals surface area contributed by atoms with Crippen LogP contribution in [0.1, 0.15) is 12.5 Å². The van der Waals surface area contributed by atoms with Crippen LogP contribution in [0.2, 0.25) is 5.02 Å². The van der Waals surface area contributed by atoms with Crippen molar-refractivity contribution >= 4 is 51.5 Å². The molecule has 1 fully saturated rings. The third kappa shape index (κ3) is 6.33. The summed E-state index contributed by atoms with van der Waals surface area (Å²) in [7, 11) is -9.05. The number of aliphatic imine (C=N–C) groups is 1. The van der Waals surface area contributed by atoms with Crippen molar-refractivity contribution in [3.63, 3.8) is 0 Å². The Morgan fingerprint density at radius 2 is 1.84 bits per heavy atom. The molecule has 1 N–H and O–H groups in total. The van der Waals surface area contributed by atoms with Gasteiger partial charge < -0.3 is 14.9 Å². The monoisotopic (exact) mass is 661 g/mol. The summed E-state index contributed by atoms with van der Waals surface area (Å²) in [6.07, 6.45) is 0.998. The Kier molecular flexibility index (Phi) is 8.20. The van der Waals surface area contributed by atoms with Gasteiger partial charge in [0.05, 0.1) is 27.5 Å². The number of amidine groups is 1. The summed E-state index contributed by atoms with van der Waals surface area (Å²) in [4.78, 5) is 34.3. The molecule has 1 atom stereocenters. The normalized spacial score (nSPS) is 17.5. The molecule has 1 aliphatic heterocycles. The van der Waals surface area contributed by atoms with E-state index in [1.165, 1.54) is 18.0 Å². The van der Waals surface area contributed by atoms with Crippen molar-refractivity contribution in [3.8, 4) is 17.0 Å². The third-order valence-electron chi connectivity index (χ3n) is 6.90. The average molecular weight is 662 g/mol. The SMILES string of the molecule is C=CC(=O)N1CCN(C(=NC)c2cc(Cl)c(-c3c(O)cccc3F)nc2N(C=O)c2ccccc2S(F)(F)(F)(F)F)C(C)C1. The molecule has 2 aromatic carbocycles. The molecule has 0 radical (unpaired) electrons. The predicted octanol–water partition coefficient (Wildman–Crippen LogP) is 7.29. The van der Waals surface area contributed by atoms with Crippen molar-refractivity contribution in [2.24, 2.45) is 4.99 Å². The maximum absolute atomic E-state index is 14.9. The van der Waals surface area contributed by atoms with Crippen molar-refractivity contribution in [1.29, 1.82) is 0 Å². The number of phenols is 1. The number of piperazine rings is 1. The molecule has 2 heterocycles. The molecule has 8 nitrogen and oxygen atoms in total. The maximum Gasteiger partial charge on any atom is 0.312 e. The van der Waals surface area contributed by atoms with Crippen LogP contribution in [0, 0.1) is 5.82 Å². The molecule has 236 valence electrons. The second-order valence-corrected chi connectivity index (χ2v) is 12.6. The first-order valence-corrected chi connectivity index (χ1v) is 15.2. The lowest BCUT2D eigenvalue weighted by atomic mass is 10.1. The van der Waals surface area contributed by atoms with E-state index in [2.05, 4.69) is 16.6 Å². The number of nitrogens with zero attached hydrogens (tertiary/aromatic N) is 5. The van der Waals surface area contributed by atoms with E-state index in [-0.39, 0.29) is 59.3 Å². The topological polar surface area (TPSA) is 89.3 Å². The van der Waals surface area contributed by atoms with Gasteiger partial charge in [-0.25, -0.2) is 9.37 Å². The molecule has 1 aromatic heterocycles. The van der Waals surface area contributed by atoms with Gasteiger partial charge in [-0.3, -0.25) is 19.5 Å². The van der Waals surface area contributed by atoms with E-state index < -0.39 is 55.5 Å². The lowest BCUT2D eigenvalue weighted by Crippen LogP contribution is -2.55. The highest BCUT2D eigenvalue weighted by Gasteiger charge is 2.67. The third-order valence-corrected chi connectivity index (χ3v) is 8.36. The van der Waals surface area contributed by atoms with Crippen LogP contribution in [-0.4, -0.2) is 70.8 Å². The summed E-state index contributed by atoms with van der Waals surface area (Å²) in [5.74, 6) is -2.60. The Hall–Kier alpha value is -4.24. The van der Waals surface area contributed by atoms with Gasteiger partial charge in [0.15, 0.2) is 5.82 Å². The number of phenolic OH excluding ortho intramolecular Hbond substituents is 1. The van der Waals surface area contributed by atoms with Crippen molar-refractivity contribution in [1.82, 2.24) is 14.8 Å². The second-order valence-electron chi connectivity index (χ2n) is 9.81. The van der Waals surface area contributed by atoms with E-state index in [1.807, 2.05) is 0 Å². The van der Waals surface area contributed by atoms with Crippen LogP contribution in [0.4, 0.5) is 35.3 Å². The number of halogens is 7. The summed E-state index contributed by atoms with van der Waals surface area (Å²) in [5.41, 5.74) is -2.46. The number of amides is 2. The minimum atomic E-state index is -10.4. The number of para-hydroxylation sites is 1. The van der Waals surface area contributed by atoms with Crippen LogP contribution in [0.3, 0.4) is 0 Å². The number of anilines is 2. The number of aromatic nitrogens is 1. The van der Waals surface area contributed by atoms with Gasteiger partial charge >= 0.3 is 10.2 Å². The Bertz CT molecular complexity index is 1670. The fourth-order valence-electron chi connectivity index (χ4n) is 4.96. The molecule has 1 unspecified atom stereocenters. The summed E-state index contributed by atoms with van der Waals surface area (Å²) in [6.45, 7) is 5.74. The van der Waals surface area contributed by atoms with E-state index in [1.54, 1.807) is 11.8 Å². The molecule has 2 amide bonds. The standard InChI is InChI=1S/C28H26ClF6N5O3S/c1-4-24(43)38-12-13-39(17(2)15-38)27(36-3)18-14-19(29)26(25-20(30)8-7-10-22(25)42)37-28(18)40(16-41)21-9-5-6-11-23(21)44(31,32,33,34)35/h4-11,14,16-17,42H,1,12-13,15H2,2-3H3. The number of benzene rings is 2. The molecule has 44 heavy (non-hydrogen) atoms. The smallest absolute Gasteiger partial charge is 0.312 e. The average Bonchev–Trinajstić information content (AvgIpc) is 2.94. The molecule has 0 spiro atoms. The zero-order valence-corrected chi connectivity index (χ0v) is 24.8. The number of carbonyl (C=O) groups is 2. The van der Waals surface area contributed by atoms with Gasteiger partial charge in [-0.1, -0.05) is 55.8 Å². The first kappa shape index (κ1) is 32.7. The first-order chi connectivity index (χ1) is 20.4. The molecule has 3 aromatic rings. The Morgan fingerprint density at radius 1 is 1.16 bits per heavy atom. The predicted molar refractivity (Wildman–Crippen MR) is 158 cm³/mol. The van der Waals surface area contributed by atoms with E-state index >= 15 is 0 Å². The van der Waals surface area contributed by atoms with Crippen LogP contribution in [0.5, 0.6) is 5.75 Å². The van der Waals surface area contributed by atoms with Crippen molar-refractivity contribution in [2.45, 2.75) is 17.9 Å². The van der Waals surface area contributed by atoms with Gasteiger partial charge in [0.25, 0.3) is 0 Å². The molecular formula is C28H26ClF6N5O3S. The largest absolute Gasteiger partial charge is 0.507 e. The molecule has 0 bridgehead atoms. The molecule has 4 rings (SSSR count). The number of pyridine rings is 1. The van der Waals surface area contributed by atoms with Gasteiger partial charge in [0, 0.05) is 32.7 Å². The molecule has 0 aliphatic carbocycles. The lowest BCUT2D eigenvalue weighted by Gasteiger charge is -2.43. The Balaban J connectivity index is 2.01. The van der Waals surface area contributed by atoms with Gasteiger partial charge in [-0.15, -0.1) is 0 Å². The fourth-order valence-corrected chi connectivity index (χ4v) is 6.10. The highest BCUT2D eigenvalue weighted by atomic mass is 35.5. The van der Waals surface area contributed by atoms with Gasteiger partial charge in [-0.05, 0) is 43.3 Å². The molecule has 1 aliphatic rings. The highest BCUT2D eigenvalue weighted by molar-refractivity contribution is 8.45. The van der Waals surface area contributed by atoms with Crippen molar-refractivity contribution < 1.29 is 38.5 Å². The zero-order valence-electron chi connectivity index (χ0n) is 23.2.